The van der Waals surface area contributed by atoms with Crippen molar-refractivity contribution in [2.24, 2.45) is 10.9 Å². The molecule has 0 radical (unpaired) electrons. The Labute approximate surface area is 160 Å². The molecular formula is C19H30N4O2S. The minimum absolute atomic E-state index is 0.219. The number of carbonyl (C=O) groups excluding carboxylic acids is 1. The number of guanidine groups is 1. The van der Waals surface area contributed by atoms with Gasteiger partial charge in [0.2, 0.25) is 0 Å². The lowest BCUT2D eigenvalue weighted by Crippen LogP contribution is -2.57. The second kappa shape index (κ2) is 7.86. The van der Waals surface area contributed by atoms with Gasteiger partial charge in [0, 0.05) is 31.1 Å². The second-order valence-corrected chi connectivity index (χ2v) is 9.24. The van der Waals surface area contributed by atoms with Crippen LogP contribution in [0.15, 0.2) is 22.5 Å². The van der Waals surface area contributed by atoms with Gasteiger partial charge in [-0.05, 0) is 44.6 Å². The van der Waals surface area contributed by atoms with Gasteiger partial charge >= 0.3 is 6.09 Å². The monoisotopic (exact) mass is 378 g/mol. The average molecular weight is 379 g/mol. The first-order valence-corrected chi connectivity index (χ1v) is 10.2. The van der Waals surface area contributed by atoms with E-state index in [1.54, 1.807) is 0 Å². The molecule has 0 aromatic carbocycles. The highest BCUT2D eigenvalue weighted by Gasteiger charge is 2.36. The standard InChI is InChI=1S/C19H30N4O2S/c1-14(10-16-6-5-9-26-16)11-20-17-21-12-15-13-22(7-8-23(15)17)18(24)25-19(2,3)4/h5-6,9,14-15H,7-8,10-13H2,1-4H3,(H,20,21). The Balaban J connectivity index is 1.45. The zero-order valence-corrected chi connectivity index (χ0v) is 17.0. The van der Waals surface area contributed by atoms with Gasteiger partial charge in [-0.3, -0.25) is 4.99 Å². The van der Waals surface area contributed by atoms with Gasteiger partial charge in [0.1, 0.15) is 5.60 Å². The van der Waals surface area contributed by atoms with E-state index in [2.05, 4.69) is 39.6 Å². The van der Waals surface area contributed by atoms with Crippen molar-refractivity contribution in [3.63, 3.8) is 0 Å². The molecule has 3 rings (SSSR count). The quantitative estimate of drug-likeness (QED) is 0.875. The van der Waals surface area contributed by atoms with Crippen LogP contribution < -0.4 is 5.32 Å². The van der Waals surface area contributed by atoms with Gasteiger partial charge in [-0.2, -0.15) is 0 Å². The van der Waals surface area contributed by atoms with Crippen LogP contribution >= 0.6 is 11.3 Å². The lowest BCUT2D eigenvalue weighted by atomic mass is 10.1. The van der Waals surface area contributed by atoms with Crippen LogP contribution in [0.25, 0.3) is 0 Å². The summed E-state index contributed by atoms with van der Waals surface area (Å²) in [6.07, 6.45) is 0.872. The minimum Gasteiger partial charge on any atom is -0.444 e. The Kier molecular flexibility index (Phi) is 5.75. The first-order chi connectivity index (χ1) is 12.3. The Hall–Kier alpha value is -1.76. The molecule has 1 amide bonds. The van der Waals surface area contributed by atoms with Crippen molar-refractivity contribution in [2.75, 3.05) is 32.7 Å². The lowest BCUT2D eigenvalue weighted by molar-refractivity contribution is 0.0137. The number of rotatable bonds is 4. The molecular weight excluding hydrogens is 348 g/mol. The summed E-state index contributed by atoms with van der Waals surface area (Å²) in [7, 11) is 0. The number of carbonyl (C=O) groups is 1. The smallest absolute Gasteiger partial charge is 0.410 e. The fraction of sp³-hybridized carbons (Fsp3) is 0.684. The van der Waals surface area contributed by atoms with E-state index in [1.807, 2.05) is 37.0 Å². The Bertz CT molecular complexity index is 638. The number of aliphatic imine (C=N–C) groups is 1. The van der Waals surface area contributed by atoms with Crippen LogP contribution in [-0.2, 0) is 11.2 Å². The van der Waals surface area contributed by atoms with Gasteiger partial charge in [-0.15, -0.1) is 11.3 Å². The van der Waals surface area contributed by atoms with Crippen molar-refractivity contribution < 1.29 is 9.53 Å². The minimum atomic E-state index is -0.453. The van der Waals surface area contributed by atoms with Crippen LogP contribution in [0.3, 0.4) is 0 Å². The summed E-state index contributed by atoms with van der Waals surface area (Å²) in [5, 5.41) is 5.65. The molecule has 0 aliphatic carbocycles. The maximum Gasteiger partial charge on any atom is 0.410 e. The third-order valence-electron chi connectivity index (χ3n) is 4.60. The number of nitrogens with one attached hydrogen (secondary N) is 1. The molecule has 1 aromatic rings. The molecule has 3 heterocycles. The molecule has 26 heavy (non-hydrogen) atoms. The highest BCUT2D eigenvalue weighted by Crippen LogP contribution is 2.19. The van der Waals surface area contributed by atoms with Crippen LogP contribution in [-0.4, -0.2) is 66.2 Å². The SMILES string of the molecule is CC(CNC1=NCC2CN(C(=O)OC(C)(C)C)CCN12)Cc1cccs1. The number of amides is 1. The number of nitrogens with zero attached hydrogens (tertiary/aromatic N) is 3. The number of piperazine rings is 1. The van der Waals surface area contributed by atoms with Crippen LogP contribution in [0.5, 0.6) is 0 Å². The predicted molar refractivity (Wildman–Crippen MR) is 106 cm³/mol. The summed E-state index contributed by atoms with van der Waals surface area (Å²) in [5.41, 5.74) is -0.453. The predicted octanol–water partition coefficient (Wildman–Crippen LogP) is 2.81. The van der Waals surface area contributed by atoms with E-state index in [0.29, 0.717) is 19.0 Å². The number of ether oxygens (including phenoxy) is 1. The molecule has 0 bridgehead atoms. The van der Waals surface area contributed by atoms with Gasteiger partial charge in [-0.25, -0.2) is 4.79 Å². The summed E-state index contributed by atoms with van der Waals surface area (Å²) in [6, 6.07) is 4.56. The zero-order valence-electron chi connectivity index (χ0n) is 16.2. The molecule has 0 saturated carbocycles. The van der Waals surface area contributed by atoms with Crippen molar-refractivity contribution >= 4 is 23.4 Å². The fourth-order valence-electron chi connectivity index (χ4n) is 3.33. The van der Waals surface area contributed by atoms with Crippen molar-refractivity contribution in [3.8, 4) is 0 Å². The van der Waals surface area contributed by atoms with Gasteiger partial charge < -0.3 is 19.9 Å². The van der Waals surface area contributed by atoms with Crippen molar-refractivity contribution in [1.29, 1.82) is 0 Å². The second-order valence-electron chi connectivity index (χ2n) is 8.21. The van der Waals surface area contributed by atoms with Crippen LogP contribution in [0.2, 0.25) is 0 Å². The maximum atomic E-state index is 12.3. The van der Waals surface area contributed by atoms with Gasteiger partial charge in [0.15, 0.2) is 5.96 Å². The van der Waals surface area contributed by atoms with Crippen molar-refractivity contribution in [2.45, 2.75) is 45.8 Å². The van der Waals surface area contributed by atoms with Gasteiger partial charge in [0.25, 0.3) is 0 Å². The first kappa shape index (κ1) is 19.0. The van der Waals surface area contributed by atoms with E-state index in [0.717, 1.165) is 32.0 Å². The lowest BCUT2D eigenvalue weighted by Gasteiger charge is -2.39. The number of fused-ring (bicyclic) bond motifs is 1. The summed E-state index contributed by atoms with van der Waals surface area (Å²) in [6.45, 7) is 11.8. The van der Waals surface area contributed by atoms with E-state index >= 15 is 0 Å². The Morgan fingerprint density at radius 1 is 1.46 bits per heavy atom. The highest BCUT2D eigenvalue weighted by atomic mass is 32.1. The molecule has 0 spiro atoms. The van der Waals surface area contributed by atoms with Crippen LogP contribution in [0, 0.1) is 5.92 Å². The Morgan fingerprint density at radius 3 is 2.96 bits per heavy atom. The largest absolute Gasteiger partial charge is 0.444 e. The van der Waals surface area contributed by atoms with E-state index in [9.17, 15) is 4.79 Å². The normalized spacial score (nSPS) is 21.2. The van der Waals surface area contributed by atoms with Crippen molar-refractivity contribution in [3.05, 3.63) is 22.4 Å². The molecule has 1 aromatic heterocycles. The molecule has 6 nitrogen and oxygen atoms in total. The van der Waals surface area contributed by atoms with E-state index in [-0.39, 0.29) is 12.1 Å². The molecule has 144 valence electrons. The number of hydrogen-bond acceptors (Lipinski definition) is 6. The first-order valence-electron chi connectivity index (χ1n) is 9.37. The van der Waals surface area contributed by atoms with Gasteiger partial charge in [-0.1, -0.05) is 13.0 Å². The summed E-state index contributed by atoms with van der Waals surface area (Å²) >= 11 is 1.82. The molecule has 2 atom stereocenters. The summed E-state index contributed by atoms with van der Waals surface area (Å²) < 4.78 is 5.50. The zero-order chi connectivity index (χ0) is 18.7. The third kappa shape index (κ3) is 4.90. The maximum absolute atomic E-state index is 12.3. The molecule has 2 unspecified atom stereocenters. The molecule has 7 heteroatoms. The highest BCUT2D eigenvalue weighted by molar-refractivity contribution is 7.09. The van der Waals surface area contributed by atoms with Crippen LogP contribution in [0.4, 0.5) is 4.79 Å². The van der Waals surface area contributed by atoms with E-state index in [1.165, 1.54) is 4.88 Å². The molecule has 1 saturated heterocycles. The topological polar surface area (TPSA) is 57.2 Å². The molecule has 2 aliphatic heterocycles. The fourth-order valence-corrected chi connectivity index (χ4v) is 4.20. The molecule has 2 aliphatic rings. The Morgan fingerprint density at radius 2 is 2.27 bits per heavy atom. The van der Waals surface area contributed by atoms with Crippen LogP contribution in [0.1, 0.15) is 32.6 Å². The number of thiophene rings is 1. The third-order valence-corrected chi connectivity index (χ3v) is 5.50. The summed E-state index contributed by atoms with van der Waals surface area (Å²) in [5.74, 6) is 1.54. The summed E-state index contributed by atoms with van der Waals surface area (Å²) in [4.78, 5) is 22.5. The van der Waals surface area contributed by atoms with E-state index in [4.69, 9.17) is 4.74 Å². The number of hydrogen-bond donors (Lipinski definition) is 1. The average Bonchev–Trinajstić information content (AvgIpc) is 3.20. The molecule has 1 N–H and O–H groups in total. The van der Waals surface area contributed by atoms with E-state index < -0.39 is 5.60 Å². The van der Waals surface area contributed by atoms with Gasteiger partial charge in [0.05, 0.1) is 12.6 Å². The molecule has 1 fully saturated rings. The van der Waals surface area contributed by atoms with Crippen molar-refractivity contribution in [1.82, 2.24) is 15.1 Å².